The lowest BCUT2D eigenvalue weighted by Crippen LogP contribution is -2.52. The summed E-state index contributed by atoms with van der Waals surface area (Å²) in [7, 11) is -5.29. The van der Waals surface area contributed by atoms with E-state index in [0.29, 0.717) is 30.4 Å². The van der Waals surface area contributed by atoms with Gasteiger partial charge in [-0.3, -0.25) is 4.79 Å². The van der Waals surface area contributed by atoms with Gasteiger partial charge in [-0.25, -0.2) is 8.93 Å². The van der Waals surface area contributed by atoms with E-state index in [1.54, 1.807) is 6.07 Å². The molecule has 1 aliphatic heterocycles. The fourth-order valence-electron chi connectivity index (χ4n) is 8.84. The highest BCUT2D eigenvalue weighted by Gasteiger charge is 2.46. The Hall–Kier alpha value is -3.21. The Bertz CT molecular complexity index is 2090. The van der Waals surface area contributed by atoms with Crippen LogP contribution in [0.4, 0.5) is 5.69 Å². The maximum atomic E-state index is 15.0. The van der Waals surface area contributed by atoms with Gasteiger partial charge in [0.1, 0.15) is 15.7 Å². The van der Waals surface area contributed by atoms with Crippen LogP contribution in [0.3, 0.4) is 0 Å². The Kier molecular flexibility index (Phi) is 13.6. The summed E-state index contributed by atoms with van der Waals surface area (Å²) >= 11 is 6.54. The molecule has 6 rings (SSSR count). The van der Waals surface area contributed by atoms with E-state index >= 15 is 4.21 Å². The molecule has 3 aromatic carbocycles. The molecule has 1 heterocycles. The van der Waals surface area contributed by atoms with Crippen molar-refractivity contribution in [1.82, 2.24) is 4.72 Å². The molecule has 1 N–H and O–H groups in total. The van der Waals surface area contributed by atoms with Crippen molar-refractivity contribution in [2.45, 2.75) is 121 Å². The zero-order chi connectivity index (χ0) is 42.0. The summed E-state index contributed by atoms with van der Waals surface area (Å²) in [5.41, 5.74) is 4.55. The third-order valence-electron chi connectivity index (χ3n) is 13.8. The molecule has 3 aromatic rings. The van der Waals surface area contributed by atoms with E-state index in [0.717, 1.165) is 67.2 Å². The van der Waals surface area contributed by atoms with Gasteiger partial charge in [0.25, 0.3) is 5.91 Å². The standard InChI is InChI=1S/C48H66ClN3O4SSi/c1-11-17-33(3)35(5)57(54,50-34(4)36-18-14-13-15-19-36)51-46(53)38-22-26-45-43(29-38)52(30-39-21-24-41(39)44(12-2)56-58(9,10)47(6,7)8)31-48(32-55-45)27-16-20-37-28-40(49)23-25-42(37)48/h11-15,18-19,22-23,25-26,28-29,33-35,39,41,44H,1-2,16-17,20-21,24,27,30-32H2,3-10H3,(H,50,51,53,54)/t33-,34-,35+,39-,41+,44-,48-,57?/m0/s1. The molecule has 1 unspecified atom stereocenters. The number of nitrogens with one attached hydrogen (secondary N) is 1. The maximum Gasteiger partial charge on any atom is 0.286 e. The number of fused-ring (bicyclic) bond motifs is 3. The number of rotatable bonds is 14. The first-order valence-corrected chi connectivity index (χ1v) is 26.1. The van der Waals surface area contributed by atoms with Crippen LogP contribution in [0.1, 0.15) is 107 Å². The number of amides is 1. The molecule has 1 fully saturated rings. The molecular formula is C48H66ClN3O4SSi. The first-order chi connectivity index (χ1) is 27.4. The van der Waals surface area contributed by atoms with Crippen molar-refractivity contribution in [3.63, 3.8) is 0 Å². The summed E-state index contributed by atoms with van der Waals surface area (Å²) in [6, 6.07) is 21.5. The minimum Gasteiger partial charge on any atom is -0.490 e. The van der Waals surface area contributed by atoms with Gasteiger partial charge in [0.05, 0.1) is 23.6 Å². The number of hydrogen-bond acceptors (Lipinski definition) is 5. The van der Waals surface area contributed by atoms with Crippen LogP contribution in [0, 0.1) is 17.8 Å². The lowest BCUT2D eigenvalue weighted by atomic mass is 9.68. The Balaban J connectivity index is 1.38. The molecule has 8 atom stereocenters. The second-order valence-electron chi connectivity index (χ2n) is 18.8. The van der Waals surface area contributed by atoms with Crippen LogP contribution < -0.4 is 14.4 Å². The average Bonchev–Trinajstić information content (AvgIpc) is 3.32. The molecule has 7 nitrogen and oxygen atoms in total. The van der Waals surface area contributed by atoms with Crippen molar-refractivity contribution >= 4 is 41.4 Å². The summed E-state index contributed by atoms with van der Waals surface area (Å²) < 4.78 is 36.7. The van der Waals surface area contributed by atoms with E-state index in [9.17, 15) is 4.79 Å². The SMILES string of the molecule is C=CC[C@H](C)[C@@H](C)S(=O)(=NC(=O)c1ccc2c(c1)N(C[C@@H]1CC[C@H]1[C@H](C=C)O[Si](C)(C)C(C)(C)C)C[C@@]1(CCCc3cc(Cl)ccc31)CO2)N[C@@H](C)c1ccccc1. The Morgan fingerprint density at radius 2 is 1.84 bits per heavy atom. The molecule has 1 saturated carbocycles. The van der Waals surface area contributed by atoms with Crippen molar-refractivity contribution in [2.24, 2.45) is 22.1 Å². The summed E-state index contributed by atoms with van der Waals surface area (Å²) in [5, 5.41) is 0.416. The fourth-order valence-corrected chi connectivity index (χ4v) is 12.5. The number of nitrogens with zero attached hydrogens (tertiary/aromatic N) is 2. The smallest absolute Gasteiger partial charge is 0.286 e. The Morgan fingerprint density at radius 3 is 2.50 bits per heavy atom. The molecule has 2 aliphatic carbocycles. The van der Waals surface area contributed by atoms with E-state index in [1.807, 2.05) is 81.5 Å². The number of ether oxygens (including phenoxy) is 1. The zero-order valence-electron chi connectivity index (χ0n) is 36.1. The summed E-state index contributed by atoms with van der Waals surface area (Å²) in [6.07, 6.45) is 9.68. The van der Waals surface area contributed by atoms with E-state index in [2.05, 4.69) is 73.1 Å². The zero-order valence-corrected chi connectivity index (χ0v) is 38.6. The van der Waals surface area contributed by atoms with E-state index in [1.165, 1.54) is 11.1 Å². The van der Waals surface area contributed by atoms with Crippen molar-refractivity contribution in [2.75, 3.05) is 24.6 Å². The normalized spacial score (nSPS) is 23.7. The Labute approximate surface area is 355 Å². The third kappa shape index (κ3) is 9.39. The molecular weight excluding hydrogens is 778 g/mol. The number of benzene rings is 3. The van der Waals surface area contributed by atoms with Crippen molar-refractivity contribution in [3.8, 4) is 5.75 Å². The molecule has 0 saturated heterocycles. The lowest BCUT2D eigenvalue weighted by molar-refractivity contribution is 0.0528. The van der Waals surface area contributed by atoms with Gasteiger partial charge < -0.3 is 14.1 Å². The predicted octanol–water partition coefficient (Wildman–Crippen LogP) is 11.9. The molecule has 0 aromatic heterocycles. The highest BCUT2D eigenvalue weighted by atomic mass is 35.5. The fraction of sp³-hybridized carbons (Fsp3) is 0.521. The first-order valence-electron chi connectivity index (χ1n) is 21.2. The Morgan fingerprint density at radius 1 is 1.10 bits per heavy atom. The van der Waals surface area contributed by atoms with E-state index in [-0.39, 0.29) is 28.5 Å². The van der Waals surface area contributed by atoms with Crippen LogP contribution in [0.15, 0.2) is 96.4 Å². The van der Waals surface area contributed by atoms with Gasteiger partial charge in [-0.05, 0) is 135 Å². The van der Waals surface area contributed by atoms with Crippen molar-refractivity contribution in [1.29, 1.82) is 0 Å². The molecule has 0 radical (unpaired) electrons. The second-order valence-corrected chi connectivity index (χ2v) is 26.3. The topological polar surface area (TPSA) is 80.2 Å². The molecule has 3 aliphatic rings. The van der Waals surface area contributed by atoms with Crippen LogP contribution in [-0.4, -0.2) is 49.5 Å². The molecule has 0 bridgehead atoms. The first kappa shape index (κ1) is 44.3. The van der Waals surface area contributed by atoms with Crippen molar-refractivity contribution in [3.05, 3.63) is 119 Å². The summed E-state index contributed by atoms with van der Waals surface area (Å²) in [6.45, 7) is 27.6. The molecule has 1 spiro atoms. The minimum absolute atomic E-state index is 0.0205. The number of aryl methyl sites for hydroxylation is 1. The quantitative estimate of drug-likeness (QED) is 0.129. The number of halogens is 1. The van der Waals surface area contributed by atoms with Crippen LogP contribution in [0.2, 0.25) is 23.2 Å². The van der Waals surface area contributed by atoms with Gasteiger partial charge >= 0.3 is 0 Å². The van der Waals surface area contributed by atoms with Gasteiger partial charge in [0.15, 0.2) is 8.32 Å². The summed E-state index contributed by atoms with van der Waals surface area (Å²) in [4.78, 5) is 16.9. The van der Waals surface area contributed by atoms with Crippen molar-refractivity contribution < 1.29 is 18.2 Å². The van der Waals surface area contributed by atoms with Gasteiger partial charge in [-0.1, -0.05) is 87.8 Å². The maximum absolute atomic E-state index is 15.0. The number of carbonyl (C=O) groups excluding carboxylic acids is 1. The predicted molar refractivity (Wildman–Crippen MR) is 245 cm³/mol. The van der Waals surface area contributed by atoms with Crippen LogP contribution in [0.5, 0.6) is 5.75 Å². The molecule has 1 amide bonds. The summed E-state index contributed by atoms with van der Waals surface area (Å²) in [5.74, 6) is 0.919. The average molecular weight is 845 g/mol. The van der Waals surface area contributed by atoms with E-state index in [4.69, 9.17) is 20.8 Å². The molecule has 58 heavy (non-hydrogen) atoms. The van der Waals surface area contributed by atoms with Crippen LogP contribution >= 0.6 is 11.6 Å². The van der Waals surface area contributed by atoms with Crippen LogP contribution in [0.25, 0.3) is 0 Å². The number of hydrogen-bond donors (Lipinski definition) is 1. The van der Waals surface area contributed by atoms with Gasteiger partial charge in [-0.15, -0.1) is 17.5 Å². The highest BCUT2D eigenvalue weighted by Crippen LogP contribution is 2.48. The minimum atomic E-state index is -3.24. The monoisotopic (exact) mass is 843 g/mol. The van der Waals surface area contributed by atoms with Crippen LogP contribution in [-0.2, 0) is 26.2 Å². The van der Waals surface area contributed by atoms with Gasteiger partial charge in [-0.2, -0.15) is 0 Å². The van der Waals surface area contributed by atoms with E-state index < -0.39 is 29.4 Å². The second kappa shape index (κ2) is 17.8. The molecule has 314 valence electrons. The number of carbonyl (C=O) groups is 1. The number of anilines is 1. The third-order valence-corrected chi connectivity index (χ3v) is 21.1. The van der Waals surface area contributed by atoms with Gasteiger partial charge in [0.2, 0.25) is 0 Å². The lowest BCUT2D eigenvalue weighted by Gasteiger charge is -2.48. The van der Waals surface area contributed by atoms with Gasteiger partial charge in [0, 0.05) is 35.1 Å². The molecule has 10 heteroatoms. The number of allylic oxidation sites excluding steroid dienone is 1. The largest absolute Gasteiger partial charge is 0.490 e. The highest BCUT2D eigenvalue weighted by molar-refractivity contribution is 7.92.